The highest BCUT2D eigenvalue weighted by Gasteiger charge is 2.36. The van der Waals surface area contributed by atoms with Crippen LogP contribution in [0, 0.1) is 0 Å². The highest BCUT2D eigenvalue weighted by atomic mass is 16.5. The Kier molecular flexibility index (Phi) is 7.50. The number of amides is 2. The third-order valence-corrected chi connectivity index (χ3v) is 4.75. The minimum absolute atomic E-state index is 0.234. The first kappa shape index (κ1) is 22.2. The summed E-state index contributed by atoms with van der Waals surface area (Å²) in [7, 11) is 1.99. The summed E-state index contributed by atoms with van der Waals surface area (Å²) in [6.07, 6.45) is 3.20. The number of likely N-dealkylation sites (N-methyl/N-ethyl adjacent to an activating group) is 1. The number of nitrogens with one attached hydrogen (secondary N) is 3. The number of hydrogen-bond donors (Lipinski definition) is 3. The van der Waals surface area contributed by atoms with Crippen molar-refractivity contribution in [3.8, 4) is 5.75 Å². The van der Waals surface area contributed by atoms with E-state index in [-0.39, 0.29) is 12.6 Å². The Balaban J connectivity index is 1.79. The van der Waals surface area contributed by atoms with Crippen LogP contribution in [0.4, 0.5) is 4.79 Å². The Bertz CT molecular complexity index is 935. The lowest BCUT2D eigenvalue weighted by Gasteiger charge is -2.28. The zero-order chi connectivity index (χ0) is 22.2. The maximum atomic E-state index is 12.7. The average Bonchev–Trinajstić information content (AvgIpc) is 3.27. The Hall–Kier alpha value is -3.52. The van der Waals surface area contributed by atoms with Crippen molar-refractivity contribution >= 4 is 12.0 Å². The second-order valence-corrected chi connectivity index (χ2v) is 7.21. The Morgan fingerprint density at radius 3 is 2.68 bits per heavy atom. The predicted octanol–water partition coefficient (Wildman–Crippen LogP) is 1.73. The van der Waals surface area contributed by atoms with Crippen LogP contribution in [0.25, 0.3) is 0 Å². The molecule has 0 saturated carbocycles. The molecule has 1 aromatic carbocycles. The maximum absolute atomic E-state index is 12.7. The Morgan fingerprint density at radius 2 is 2.03 bits per heavy atom. The van der Waals surface area contributed by atoms with Crippen molar-refractivity contribution in [3.63, 3.8) is 0 Å². The molecule has 3 rings (SSSR count). The summed E-state index contributed by atoms with van der Waals surface area (Å²) in [6, 6.07) is 10.2. The highest BCUT2D eigenvalue weighted by molar-refractivity contribution is 5.95. The molecule has 0 spiro atoms. The van der Waals surface area contributed by atoms with E-state index in [1.54, 1.807) is 25.1 Å². The smallest absolute Gasteiger partial charge is 0.338 e. The number of carbonyl (C=O) groups is 2. The summed E-state index contributed by atoms with van der Waals surface area (Å²) in [5, 5.41) is 5.53. The molecule has 2 atom stereocenters. The van der Waals surface area contributed by atoms with Crippen LogP contribution in [0.15, 0.2) is 71.0 Å². The molecule has 2 heterocycles. The molecule has 8 nitrogen and oxygen atoms in total. The zero-order valence-corrected chi connectivity index (χ0v) is 17.8. The van der Waals surface area contributed by atoms with E-state index in [0.717, 1.165) is 16.2 Å². The lowest BCUT2D eigenvalue weighted by molar-refractivity contribution is -0.889. The molecule has 0 radical (unpaired) electrons. The molecule has 31 heavy (non-hydrogen) atoms. The molecule has 0 bridgehead atoms. The number of benzene rings is 1. The van der Waals surface area contributed by atoms with Crippen LogP contribution in [0.5, 0.6) is 5.75 Å². The first-order valence-electron chi connectivity index (χ1n) is 10.2. The van der Waals surface area contributed by atoms with Gasteiger partial charge in [-0.25, -0.2) is 9.59 Å². The van der Waals surface area contributed by atoms with Gasteiger partial charge in [-0.3, -0.25) is 0 Å². The summed E-state index contributed by atoms with van der Waals surface area (Å²) in [5.74, 6) is 0.770. The van der Waals surface area contributed by atoms with Crippen molar-refractivity contribution in [2.24, 2.45) is 0 Å². The lowest BCUT2D eigenvalue weighted by Crippen LogP contribution is -3.08. The summed E-state index contributed by atoms with van der Waals surface area (Å²) in [6.45, 7) is 7.19. The van der Waals surface area contributed by atoms with Gasteiger partial charge in [0.2, 0.25) is 0 Å². The SMILES string of the molecule is C=CCOc1ccc(C[NH+](C)CC2=C(C(=O)OCC)[C@H](c3ccco3)NC(=O)N2)cc1. The molecule has 0 saturated heterocycles. The highest BCUT2D eigenvalue weighted by Crippen LogP contribution is 2.27. The van der Waals surface area contributed by atoms with Crippen LogP contribution in [0.1, 0.15) is 24.3 Å². The normalized spacial score (nSPS) is 16.8. The van der Waals surface area contributed by atoms with Crippen LogP contribution in [0.2, 0.25) is 0 Å². The summed E-state index contributed by atoms with van der Waals surface area (Å²) in [4.78, 5) is 26.1. The number of furan rings is 1. The summed E-state index contributed by atoms with van der Waals surface area (Å²) in [5.41, 5.74) is 1.97. The van der Waals surface area contributed by atoms with Crippen molar-refractivity contribution in [3.05, 3.63) is 77.9 Å². The van der Waals surface area contributed by atoms with Gasteiger partial charge in [0.15, 0.2) is 0 Å². The molecule has 1 unspecified atom stereocenters. The molecule has 164 valence electrons. The monoisotopic (exact) mass is 426 g/mol. The molecular weight excluding hydrogens is 398 g/mol. The number of rotatable bonds is 10. The Morgan fingerprint density at radius 1 is 1.26 bits per heavy atom. The van der Waals surface area contributed by atoms with E-state index in [9.17, 15) is 9.59 Å². The number of hydrogen-bond acceptors (Lipinski definition) is 5. The van der Waals surface area contributed by atoms with E-state index < -0.39 is 12.0 Å². The maximum Gasteiger partial charge on any atom is 0.338 e. The van der Waals surface area contributed by atoms with Gasteiger partial charge in [0.05, 0.1) is 31.2 Å². The van der Waals surface area contributed by atoms with Gasteiger partial charge in [-0.05, 0) is 43.3 Å². The third kappa shape index (κ3) is 5.76. The van der Waals surface area contributed by atoms with Gasteiger partial charge in [0.25, 0.3) is 0 Å². The minimum Gasteiger partial charge on any atom is -0.490 e. The number of ether oxygens (including phenoxy) is 2. The molecule has 1 aromatic heterocycles. The van der Waals surface area contributed by atoms with Crippen LogP contribution < -0.4 is 20.3 Å². The van der Waals surface area contributed by atoms with Crippen molar-refractivity contribution in [1.29, 1.82) is 0 Å². The van der Waals surface area contributed by atoms with Gasteiger partial charge in [-0.2, -0.15) is 0 Å². The van der Waals surface area contributed by atoms with Gasteiger partial charge >= 0.3 is 12.0 Å². The van der Waals surface area contributed by atoms with E-state index in [0.29, 0.717) is 36.7 Å². The largest absolute Gasteiger partial charge is 0.490 e. The fourth-order valence-corrected chi connectivity index (χ4v) is 3.45. The number of quaternary nitrogens is 1. The van der Waals surface area contributed by atoms with Crippen molar-refractivity contribution in [1.82, 2.24) is 10.6 Å². The van der Waals surface area contributed by atoms with Crippen molar-refractivity contribution in [2.45, 2.75) is 19.5 Å². The standard InChI is InChI=1S/C23H27N3O5/c1-4-12-30-17-10-8-16(9-11-17)14-26(3)15-18-20(22(27)29-5-2)21(25-23(28)24-18)19-7-6-13-31-19/h4,6-11,13,21H,1,5,12,14-15H2,2-3H3,(H2,24,25,28)/p+1/t21-/m0/s1. The average molecular weight is 426 g/mol. The quantitative estimate of drug-likeness (QED) is 0.397. The fourth-order valence-electron chi connectivity index (χ4n) is 3.45. The summed E-state index contributed by atoms with van der Waals surface area (Å²) >= 11 is 0. The second-order valence-electron chi connectivity index (χ2n) is 7.21. The molecular formula is C23H28N3O5+. The molecule has 0 fully saturated rings. The predicted molar refractivity (Wildman–Crippen MR) is 114 cm³/mol. The van der Waals surface area contributed by atoms with Crippen LogP contribution >= 0.6 is 0 Å². The van der Waals surface area contributed by atoms with E-state index in [2.05, 4.69) is 17.2 Å². The first-order valence-corrected chi connectivity index (χ1v) is 10.2. The molecule has 8 heteroatoms. The minimum atomic E-state index is -0.702. The van der Waals surface area contributed by atoms with E-state index in [1.165, 1.54) is 6.26 Å². The van der Waals surface area contributed by atoms with Crippen molar-refractivity contribution in [2.75, 3.05) is 26.8 Å². The van der Waals surface area contributed by atoms with Crippen LogP contribution in [-0.4, -0.2) is 38.8 Å². The Labute approximate surface area is 181 Å². The topological polar surface area (TPSA) is 94.2 Å². The number of esters is 1. The van der Waals surface area contributed by atoms with Crippen molar-refractivity contribution < 1.29 is 28.4 Å². The van der Waals surface area contributed by atoms with Crippen LogP contribution in [0.3, 0.4) is 0 Å². The molecule has 3 N–H and O–H groups in total. The zero-order valence-electron chi connectivity index (χ0n) is 17.8. The van der Waals surface area contributed by atoms with E-state index in [4.69, 9.17) is 13.9 Å². The molecule has 0 aliphatic carbocycles. The van der Waals surface area contributed by atoms with Gasteiger partial charge in [0.1, 0.15) is 37.2 Å². The van der Waals surface area contributed by atoms with Gasteiger partial charge in [-0.15, -0.1) is 0 Å². The molecule has 1 aliphatic rings. The first-order chi connectivity index (χ1) is 15.0. The number of carbonyl (C=O) groups excluding carboxylic acids is 2. The molecule has 1 aliphatic heterocycles. The van der Waals surface area contributed by atoms with Gasteiger partial charge in [-0.1, -0.05) is 12.7 Å². The fraction of sp³-hybridized carbons (Fsp3) is 0.304. The van der Waals surface area contributed by atoms with E-state index >= 15 is 0 Å². The lowest BCUT2D eigenvalue weighted by atomic mass is 10.00. The number of urea groups is 1. The molecule has 2 aromatic rings. The molecule has 2 amide bonds. The van der Waals surface area contributed by atoms with Gasteiger partial charge in [0, 0.05) is 5.56 Å². The van der Waals surface area contributed by atoms with Crippen LogP contribution in [-0.2, 0) is 16.1 Å². The van der Waals surface area contributed by atoms with E-state index in [1.807, 2.05) is 31.3 Å². The second kappa shape index (κ2) is 10.5. The third-order valence-electron chi connectivity index (χ3n) is 4.75. The summed E-state index contributed by atoms with van der Waals surface area (Å²) < 4.78 is 16.2. The van der Waals surface area contributed by atoms with Gasteiger partial charge < -0.3 is 29.4 Å².